The molecule has 0 aliphatic heterocycles. The number of thioether (sulfide) groups is 1. The van der Waals surface area contributed by atoms with Gasteiger partial charge in [0.25, 0.3) is 0 Å². The zero-order chi connectivity index (χ0) is 17.6. The van der Waals surface area contributed by atoms with Crippen molar-refractivity contribution < 1.29 is 9.53 Å². The Morgan fingerprint density at radius 2 is 2.08 bits per heavy atom. The quantitative estimate of drug-likeness (QED) is 0.818. The summed E-state index contributed by atoms with van der Waals surface area (Å²) < 4.78 is 5.31. The van der Waals surface area contributed by atoms with Gasteiger partial charge in [0.2, 0.25) is 0 Å². The molecule has 0 bridgehead atoms. The summed E-state index contributed by atoms with van der Waals surface area (Å²) in [5.74, 6) is 1.73. The smallest absolute Gasteiger partial charge is 0.407 e. The number of pyridine rings is 1. The molecule has 2 rings (SSSR count). The average molecular weight is 346 g/mol. The van der Waals surface area contributed by atoms with E-state index >= 15 is 0 Å². The van der Waals surface area contributed by atoms with Crippen LogP contribution in [0.3, 0.4) is 0 Å². The number of nitrogens with zero attached hydrogens (tertiary/aromatic N) is 1. The summed E-state index contributed by atoms with van der Waals surface area (Å²) in [6.45, 7) is 7.68. The van der Waals surface area contributed by atoms with Gasteiger partial charge >= 0.3 is 6.09 Å². The van der Waals surface area contributed by atoms with Crippen LogP contribution in [-0.2, 0) is 10.5 Å². The lowest BCUT2D eigenvalue weighted by molar-refractivity contribution is 0.0508. The monoisotopic (exact) mass is 346 g/mol. The number of nitrogens with one attached hydrogen (secondary N) is 1. The Labute approximate surface area is 148 Å². The van der Waals surface area contributed by atoms with Gasteiger partial charge in [-0.3, -0.25) is 4.98 Å². The first-order valence-corrected chi connectivity index (χ1v) is 9.44. The molecule has 1 atom stereocenters. The predicted molar refractivity (Wildman–Crippen MR) is 101 cm³/mol. The molecule has 1 amide bonds. The van der Waals surface area contributed by atoms with Crippen LogP contribution in [0.15, 0.2) is 36.5 Å². The van der Waals surface area contributed by atoms with Crippen molar-refractivity contribution in [2.45, 2.75) is 51.5 Å². The first-order valence-electron chi connectivity index (χ1n) is 8.28. The lowest BCUT2D eigenvalue weighted by atomic mass is 10.2. The molecular formula is C19H26N2O2S. The van der Waals surface area contributed by atoms with Gasteiger partial charge in [0.1, 0.15) is 5.60 Å². The third-order valence-corrected chi connectivity index (χ3v) is 4.62. The van der Waals surface area contributed by atoms with Gasteiger partial charge in [0.05, 0.1) is 5.52 Å². The molecule has 0 saturated heterocycles. The zero-order valence-electron chi connectivity index (χ0n) is 14.8. The van der Waals surface area contributed by atoms with Crippen LogP contribution in [-0.4, -0.2) is 28.5 Å². The maximum absolute atomic E-state index is 11.9. The summed E-state index contributed by atoms with van der Waals surface area (Å²) >= 11 is 1.80. The average Bonchev–Trinajstić information content (AvgIpc) is 2.52. The third-order valence-electron chi connectivity index (χ3n) is 3.45. The minimum atomic E-state index is -0.466. The minimum Gasteiger partial charge on any atom is -0.444 e. The number of alkyl carbamates (subject to hydrolysis) is 1. The molecule has 0 fully saturated rings. The largest absolute Gasteiger partial charge is 0.444 e. The minimum absolute atomic E-state index is 0.110. The number of aromatic nitrogens is 1. The Bertz CT molecular complexity index is 682. The molecule has 1 heterocycles. The number of hydrogen-bond acceptors (Lipinski definition) is 4. The highest BCUT2D eigenvalue weighted by Crippen LogP contribution is 2.18. The van der Waals surface area contributed by atoms with Gasteiger partial charge in [-0.2, -0.15) is 11.8 Å². The summed E-state index contributed by atoms with van der Waals surface area (Å²) in [5, 5.41) is 4.10. The lowest BCUT2D eigenvalue weighted by Gasteiger charge is -2.23. The number of carbonyl (C=O) groups excluding carboxylic acids is 1. The second-order valence-corrected chi connectivity index (χ2v) is 7.83. The van der Waals surface area contributed by atoms with E-state index in [0.29, 0.717) is 0 Å². The summed E-state index contributed by atoms with van der Waals surface area (Å²) in [5.41, 5.74) is 1.75. The summed E-state index contributed by atoms with van der Waals surface area (Å²) in [4.78, 5) is 16.3. The molecule has 24 heavy (non-hydrogen) atoms. The van der Waals surface area contributed by atoms with Gasteiger partial charge in [-0.15, -0.1) is 0 Å². The van der Waals surface area contributed by atoms with E-state index in [1.807, 2.05) is 45.2 Å². The van der Waals surface area contributed by atoms with Gasteiger partial charge < -0.3 is 10.1 Å². The van der Waals surface area contributed by atoms with Crippen LogP contribution in [0.25, 0.3) is 10.9 Å². The Hall–Kier alpha value is -1.75. The van der Waals surface area contributed by atoms with Crippen LogP contribution >= 0.6 is 11.8 Å². The molecule has 4 nitrogen and oxygen atoms in total. The molecule has 0 aliphatic rings. The first kappa shape index (κ1) is 18.6. The van der Waals surface area contributed by atoms with E-state index in [0.717, 1.165) is 28.8 Å². The summed E-state index contributed by atoms with van der Waals surface area (Å²) in [6.07, 6.45) is 2.46. The van der Waals surface area contributed by atoms with Gasteiger partial charge in [-0.05, 0) is 44.9 Å². The number of rotatable bonds is 6. The number of carbonyl (C=O) groups is 1. The fourth-order valence-corrected chi connectivity index (χ4v) is 3.37. The molecule has 0 saturated carbocycles. The van der Waals surface area contributed by atoms with E-state index in [-0.39, 0.29) is 12.1 Å². The highest BCUT2D eigenvalue weighted by atomic mass is 32.2. The predicted octanol–water partition coefficient (Wildman–Crippen LogP) is 4.77. The van der Waals surface area contributed by atoms with Crippen LogP contribution in [0.5, 0.6) is 0 Å². The van der Waals surface area contributed by atoms with E-state index < -0.39 is 5.60 Å². The van der Waals surface area contributed by atoms with Gasteiger partial charge in [0, 0.05) is 29.1 Å². The van der Waals surface area contributed by atoms with Crippen molar-refractivity contribution in [3.8, 4) is 0 Å². The Morgan fingerprint density at radius 1 is 1.33 bits per heavy atom. The van der Waals surface area contributed by atoms with Crippen LogP contribution in [0.4, 0.5) is 4.79 Å². The van der Waals surface area contributed by atoms with Crippen molar-refractivity contribution in [1.29, 1.82) is 0 Å². The Kier molecular flexibility index (Phi) is 6.49. The zero-order valence-corrected chi connectivity index (χ0v) is 15.7. The lowest BCUT2D eigenvalue weighted by Crippen LogP contribution is -2.40. The second-order valence-electron chi connectivity index (χ2n) is 6.80. The van der Waals surface area contributed by atoms with Crippen LogP contribution in [0, 0.1) is 0 Å². The standard InChI is InChI=1S/C19H26N2O2S/c1-5-16(21-18(22)23-19(2,3)4)13-24-12-14-10-15-8-6-7-9-17(15)20-11-14/h6-11,16H,5,12-13H2,1-4H3,(H,21,22). The fraction of sp³-hybridized carbons (Fsp3) is 0.474. The van der Waals surface area contributed by atoms with E-state index in [4.69, 9.17) is 4.74 Å². The molecule has 1 unspecified atom stereocenters. The molecule has 130 valence electrons. The molecule has 0 radical (unpaired) electrons. The molecule has 5 heteroatoms. The molecule has 1 aromatic carbocycles. The SMILES string of the molecule is CCC(CSCc1cnc2ccccc2c1)NC(=O)OC(C)(C)C. The van der Waals surface area contributed by atoms with Crippen LogP contribution < -0.4 is 5.32 Å². The van der Waals surface area contributed by atoms with Gasteiger partial charge in [0.15, 0.2) is 0 Å². The number of fused-ring (bicyclic) bond motifs is 1. The fourth-order valence-electron chi connectivity index (χ4n) is 2.25. The molecule has 1 aromatic heterocycles. The van der Waals surface area contributed by atoms with Gasteiger partial charge in [-0.25, -0.2) is 4.79 Å². The molecule has 0 spiro atoms. The van der Waals surface area contributed by atoms with E-state index in [2.05, 4.69) is 29.4 Å². The van der Waals surface area contributed by atoms with Crippen LogP contribution in [0.1, 0.15) is 39.7 Å². The maximum Gasteiger partial charge on any atom is 0.407 e. The van der Waals surface area contributed by atoms with Crippen LogP contribution in [0.2, 0.25) is 0 Å². The molecule has 2 aromatic rings. The molecular weight excluding hydrogens is 320 g/mol. The van der Waals surface area contributed by atoms with Crippen molar-refractivity contribution in [3.05, 3.63) is 42.1 Å². The van der Waals surface area contributed by atoms with Crippen molar-refractivity contribution in [2.24, 2.45) is 0 Å². The topological polar surface area (TPSA) is 51.2 Å². The maximum atomic E-state index is 11.9. The number of ether oxygens (including phenoxy) is 1. The molecule has 0 aliphatic carbocycles. The highest BCUT2D eigenvalue weighted by Gasteiger charge is 2.18. The summed E-state index contributed by atoms with van der Waals surface area (Å²) in [6, 6.07) is 10.4. The number of benzene rings is 1. The normalized spacial score (nSPS) is 12.8. The second kappa shape index (κ2) is 8.38. The van der Waals surface area contributed by atoms with Crippen molar-refractivity contribution in [3.63, 3.8) is 0 Å². The Balaban J connectivity index is 1.83. The van der Waals surface area contributed by atoms with E-state index in [9.17, 15) is 4.79 Å². The number of para-hydroxylation sites is 1. The van der Waals surface area contributed by atoms with Gasteiger partial charge in [-0.1, -0.05) is 25.1 Å². The summed E-state index contributed by atoms with van der Waals surface area (Å²) in [7, 11) is 0. The highest BCUT2D eigenvalue weighted by molar-refractivity contribution is 7.98. The first-order chi connectivity index (χ1) is 11.4. The van der Waals surface area contributed by atoms with Crippen molar-refractivity contribution in [1.82, 2.24) is 10.3 Å². The van der Waals surface area contributed by atoms with E-state index in [1.165, 1.54) is 5.56 Å². The van der Waals surface area contributed by atoms with Crippen molar-refractivity contribution in [2.75, 3.05) is 5.75 Å². The third kappa shape index (κ3) is 6.04. The Morgan fingerprint density at radius 3 is 2.79 bits per heavy atom. The van der Waals surface area contributed by atoms with E-state index in [1.54, 1.807) is 11.8 Å². The number of hydrogen-bond donors (Lipinski definition) is 1. The molecule has 1 N–H and O–H groups in total. The number of amides is 1. The van der Waals surface area contributed by atoms with Crippen molar-refractivity contribution >= 4 is 28.8 Å².